The van der Waals surface area contributed by atoms with Gasteiger partial charge in [0, 0.05) is 4.88 Å². The van der Waals surface area contributed by atoms with Crippen molar-refractivity contribution in [3.05, 3.63) is 28.2 Å². The van der Waals surface area contributed by atoms with Crippen molar-refractivity contribution in [2.24, 2.45) is 0 Å². The summed E-state index contributed by atoms with van der Waals surface area (Å²) in [7, 11) is 0. The number of nitrogens with zero attached hydrogens (tertiary/aromatic N) is 2. The van der Waals surface area contributed by atoms with Gasteiger partial charge in [-0.2, -0.15) is 4.37 Å². The summed E-state index contributed by atoms with van der Waals surface area (Å²) in [5.41, 5.74) is 0. The Balaban J connectivity index is 1.93. The Bertz CT molecular complexity index is 464. The molecule has 0 aliphatic rings. The molecule has 2 aromatic heterocycles. The number of carbonyl (C=O) groups is 1. The molecule has 84 valence electrons. The van der Waals surface area contributed by atoms with E-state index in [2.05, 4.69) is 16.3 Å². The van der Waals surface area contributed by atoms with Crippen LogP contribution >= 0.6 is 34.6 Å². The smallest absolute Gasteiger partial charge is 0.183 e. The highest BCUT2D eigenvalue weighted by atomic mass is 32.2. The Morgan fingerprint density at radius 3 is 3.00 bits per heavy atom. The van der Waals surface area contributed by atoms with Crippen LogP contribution in [0.15, 0.2) is 22.8 Å². The van der Waals surface area contributed by atoms with Gasteiger partial charge >= 0.3 is 0 Å². The maximum absolute atomic E-state index is 11.8. The van der Waals surface area contributed by atoms with Gasteiger partial charge in [-0.1, -0.05) is 18.7 Å². The Morgan fingerprint density at radius 2 is 2.38 bits per heavy atom. The lowest BCUT2D eigenvalue weighted by Gasteiger charge is -1.94. The molecule has 2 heterocycles. The molecule has 0 aliphatic heterocycles. The lowest BCUT2D eigenvalue weighted by molar-refractivity contribution is 0.102. The van der Waals surface area contributed by atoms with Crippen LogP contribution in [0.3, 0.4) is 0 Å². The number of aromatic nitrogens is 2. The van der Waals surface area contributed by atoms with Gasteiger partial charge < -0.3 is 0 Å². The number of rotatable bonds is 5. The van der Waals surface area contributed by atoms with E-state index < -0.39 is 0 Å². The van der Waals surface area contributed by atoms with Gasteiger partial charge in [-0.25, -0.2) is 4.98 Å². The van der Waals surface area contributed by atoms with Crippen LogP contribution in [-0.2, 0) is 6.42 Å². The number of ketones is 1. The molecule has 2 rings (SSSR count). The molecule has 0 radical (unpaired) electrons. The molecular formula is C10H10N2OS3. The van der Waals surface area contributed by atoms with E-state index in [0.717, 1.165) is 15.6 Å². The van der Waals surface area contributed by atoms with Gasteiger partial charge in [0.25, 0.3) is 0 Å². The first-order valence-corrected chi connectivity index (χ1v) is 7.38. The van der Waals surface area contributed by atoms with Crippen LogP contribution in [-0.4, -0.2) is 20.9 Å². The van der Waals surface area contributed by atoms with Crippen LogP contribution in [0.5, 0.6) is 0 Å². The number of thiophene rings is 1. The Labute approximate surface area is 106 Å². The van der Waals surface area contributed by atoms with Crippen LogP contribution in [0.25, 0.3) is 0 Å². The summed E-state index contributed by atoms with van der Waals surface area (Å²) < 4.78 is 4.74. The molecule has 0 saturated carbocycles. The van der Waals surface area contributed by atoms with Gasteiger partial charge in [0.05, 0.1) is 10.6 Å². The first kappa shape index (κ1) is 11.8. The van der Waals surface area contributed by atoms with Crippen molar-refractivity contribution in [3.8, 4) is 0 Å². The molecule has 0 spiro atoms. The summed E-state index contributed by atoms with van der Waals surface area (Å²) in [4.78, 5) is 17.9. The third kappa shape index (κ3) is 2.90. The van der Waals surface area contributed by atoms with E-state index >= 15 is 0 Å². The van der Waals surface area contributed by atoms with Gasteiger partial charge in [0.15, 0.2) is 10.1 Å². The lowest BCUT2D eigenvalue weighted by atomic mass is 10.3. The van der Waals surface area contributed by atoms with E-state index in [1.165, 1.54) is 34.5 Å². The van der Waals surface area contributed by atoms with Gasteiger partial charge in [0.2, 0.25) is 0 Å². The fourth-order valence-corrected chi connectivity index (χ4v) is 3.45. The van der Waals surface area contributed by atoms with Gasteiger partial charge in [-0.05, 0) is 30.1 Å². The molecule has 0 aliphatic carbocycles. The summed E-state index contributed by atoms with van der Waals surface area (Å²) in [6.07, 6.45) is 2.50. The van der Waals surface area contributed by atoms with Crippen molar-refractivity contribution in [2.45, 2.75) is 17.7 Å². The van der Waals surface area contributed by atoms with E-state index in [4.69, 9.17) is 0 Å². The summed E-state index contributed by atoms with van der Waals surface area (Å²) in [5, 5.41) is 0. The summed E-state index contributed by atoms with van der Waals surface area (Å²) >= 11 is 4.35. The number of hydrogen-bond donors (Lipinski definition) is 0. The van der Waals surface area contributed by atoms with Crippen molar-refractivity contribution in [1.29, 1.82) is 0 Å². The zero-order chi connectivity index (χ0) is 11.4. The number of thioether (sulfide) groups is 1. The number of aryl methyl sites for hydroxylation is 1. The van der Waals surface area contributed by atoms with Crippen LogP contribution < -0.4 is 0 Å². The minimum atomic E-state index is 0.171. The van der Waals surface area contributed by atoms with Crippen molar-refractivity contribution < 1.29 is 4.79 Å². The third-order valence-corrected chi connectivity index (χ3v) is 5.02. The summed E-state index contributed by atoms with van der Waals surface area (Å²) in [5.74, 6) is 0.615. The van der Waals surface area contributed by atoms with Crippen LogP contribution in [0.2, 0.25) is 0 Å². The molecule has 16 heavy (non-hydrogen) atoms. The van der Waals surface area contributed by atoms with E-state index in [1.807, 2.05) is 12.1 Å². The highest BCUT2D eigenvalue weighted by Gasteiger charge is 2.10. The Hall–Kier alpha value is -0.720. The third-order valence-electron chi connectivity index (χ3n) is 1.95. The number of Topliss-reactive ketones (excluding diaryl/α,β-unsaturated/α-hetero) is 1. The molecule has 2 aromatic rings. The lowest BCUT2D eigenvalue weighted by Crippen LogP contribution is -1.98. The monoisotopic (exact) mass is 270 g/mol. The molecule has 0 bridgehead atoms. The molecule has 0 N–H and O–H groups in total. The normalized spacial score (nSPS) is 10.6. The molecular weight excluding hydrogens is 260 g/mol. The molecule has 0 fully saturated rings. The minimum absolute atomic E-state index is 0.171. The first-order valence-electron chi connectivity index (χ1n) is 4.81. The summed E-state index contributed by atoms with van der Waals surface area (Å²) in [6, 6.07) is 3.93. The van der Waals surface area contributed by atoms with E-state index in [1.54, 1.807) is 11.3 Å². The number of hydrogen-bond acceptors (Lipinski definition) is 6. The van der Waals surface area contributed by atoms with Gasteiger partial charge in [-0.3, -0.25) is 4.79 Å². The average Bonchev–Trinajstić information content (AvgIpc) is 2.96. The molecule has 0 aromatic carbocycles. The van der Waals surface area contributed by atoms with E-state index in [0.29, 0.717) is 5.75 Å². The second-order valence-corrected chi connectivity index (χ2v) is 6.21. The van der Waals surface area contributed by atoms with Crippen molar-refractivity contribution in [1.82, 2.24) is 9.36 Å². The fraction of sp³-hybridized carbons (Fsp3) is 0.300. The SMILES string of the molecule is CCc1ccc(C(=O)CSc2ncns2)s1. The topological polar surface area (TPSA) is 42.9 Å². The van der Waals surface area contributed by atoms with Gasteiger partial charge in [-0.15, -0.1) is 11.3 Å². The van der Waals surface area contributed by atoms with E-state index in [9.17, 15) is 4.79 Å². The maximum Gasteiger partial charge on any atom is 0.183 e. The molecule has 6 heteroatoms. The molecule has 0 amide bonds. The zero-order valence-electron chi connectivity index (χ0n) is 8.67. The molecule has 0 atom stereocenters. The maximum atomic E-state index is 11.8. The Morgan fingerprint density at radius 1 is 1.50 bits per heavy atom. The second-order valence-electron chi connectivity index (χ2n) is 3.04. The van der Waals surface area contributed by atoms with Crippen molar-refractivity contribution in [2.75, 3.05) is 5.75 Å². The van der Waals surface area contributed by atoms with Crippen LogP contribution in [0.4, 0.5) is 0 Å². The van der Waals surface area contributed by atoms with Crippen LogP contribution in [0.1, 0.15) is 21.5 Å². The predicted molar refractivity (Wildman–Crippen MR) is 68.7 cm³/mol. The molecule has 3 nitrogen and oxygen atoms in total. The van der Waals surface area contributed by atoms with Crippen LogP contribution in [0, 0.1) is 0 Å². The molecule has 0 saturated heterocycles. The fourth-order valence-electron chi connectivity index (χ4n) is 1.14. The summed E-state index contributed by atoms with van der Waals surface area (Å²) in [6.45, 7) is 2.09. The highest BCUT2D eigenvalue weighted by Crippen LogP contribution is 2.23. The second kappa shape index (κ2) is 5.56. The predicted octanol–water partition coefficient (Wildman–Crippen LogP) is 3.14. The number of carbonyl (C=O) groups excluding carboxylic acids is 1. The highest BCUT2D eigenvalue weighted by molar-refractivity contribution is 8.01. The van der Waals surface area contributed by atoms with Crippen molar-refractivity contribution in [3.63, 3.8) is 0 Å². The minimum Gasteiger partial charge on any atom is -0.292 e. The zero-order valence-corrected chi connectivity index (χ0v) is 11.1. The molecule has 0 unspecified atom stereocenters. The van der Waals surface area contributed by atoms with E-state index in [-0.39, 0.29) is 5.78 Å². The van der Waals surface area contributed by atoms with Crippen molar-refractivity contribution >= 4 is 40.4 Å². The van der Waals surface area contributed by atoms with Gasteiger partial charge in [0.1, 0.15) is 6.33 Å². The average molecular weight is 270 g/mol. The standard InChI is InChI=1S/C10H10N2OS3/c1-2-7-3-4-9(15-7)8(13)5-14-10-11-6-12-16-10/h3-4,6H,2,5H2,1H3. The largest absolute Gasteiger partial charge is 0.292 e. The first-order chi connectivity index (χ1) is 7.79. The quantitative estimate of drug-likeness (QED) is 0.618. The Kier molecular flexibility index (Phi) is 4.09.